The van der Waals surface area contributed by atoms with E-state index in [1.54, 1.807) is 13.0 Å². The SMILES string of the molecule is C[C@H](CCc1cccc(F)c1)C(=O)N1CCN([C@@H](C)C(N)=O)CC1. The minimum absolute atomic E-state index is 0.103. The van der Waals surface area contributed by atoms with E-state index in [0.717, 1.165) is 5.56 Å². The van der Waals surface area contributed by atoms with Crippen LogP contribution in [-0.2, 0) is 16.0 Å². The van der Waals surface area contributed by atoms with Gasteiger partial charge in [0.25, 0.3) is 0 Å². The number of rotatable bonds is 6. The Hall–Kier alpha value is -1.95. The highest BCUT2D eigenvalue weighted by Crippen LogP contribution is 2.15. The van der Waals surface area contributed by atoms with Crippen LogP contribution in [0.15, 0.2) is 24.3 Å². The van der Waals surface area contributed by atoms with Crippen molar-refractivity contribution in [2.24, 2.45) is 11.7 Å². The van der Waals surface area contributed by atoms with E-state index >= 15 is 0 Å². The van der Waals surface area contributed by atoms with Gasteiger partial charge in [0.15, 0.2) is 0 Å². The molecule has 24 heavy (non-hydrogen) atoms. The number of halogens is 1. The van der Waals surface area contributed by atoms with Gasteiger partial charge in [0.05, 0.1) is 6.04 Å². The second-order valence-corrected chi connectivity index (χ2v) is 6.51. The zero-order valence-electron chi connectivity index (χ0n) is 14.4. The van der Waals surface area contributed by atoms with Crippen LogP contribution in [0.25, 0.3) is 0 Å². The van der Waals surface area contributed by atoms with E-state index in [1.165, 1.54) is 12.1 Å². The van der Waals surface area contributed by atoms with Gasteiger partial charge in [-0.3, -0.25) is 14.5 Å². The van der Waals surface area contributed by atoms with Gasteiger partial charge in [-0.05, 0) is 37.5 Å². The number of benzene rings is 1. The van der Waals surface area contributed by atoms with E-state index in [4.69, 9.17) is 5.73 Å². The van der Waals surface area contributed by atoms with Crippen molar-refractivity contribution in [3.63, 3.8) is 0 Å². The lowest BCUT2D eigenvalue weighted by molar-refractivity contribution is -0.137. The Morgan fingerprint density at radius 3 is 2.46 bits per heavy atom. The van der Waals surface area contributed by atoms with Crippen LogP contribution in [0.1, 0.15) is 25.8 Å². The van der Waals surface area contributed by atoms with Gasteiger partial charge >= 0.3 is 0 Å². The third kappa shape index (κ3) is 4.77. The fourth-order valence-electron chi connectivity index (χ4n) is 3.02. The summed E-state index contributed by atoms with van der Waals surface area (Å²) < 4.78 is 13.2. The van der Waals surface area contributed by atoms with E-state index in [9.17, 15) is 14.0 Å². The van der Waals surface area contributed by atoms with E-state index < -0.39 is 0 Å². The summed E-state index contributed by atoms with van der Waals surface area (Å²) in [5.74, 6) is -0.560. The Kier molecular flexibility index (Phi) is 6.31. The Labute approximate surface area is 142 Å². The first-order valence-electron chi connectivity index (χ1n) is 8.45. The number of carbonyl (C=O) groups excluding carboxylic acids is 2. The van der Waals surface area contributed by atoms with Crippen LogP contribution < -0.4 is 5.73 Å². The van der Waals surface area contributed by atoms with Gasteiger partial charge in [-0.15, -0.1) is 0 Å². The van der Waals surface area contributed by atoms with E-state index in [2.05, 4.69) is 0 Å². The summed E-state index contributed by atoms with van der Waals surface area (Å²) >= 11 is 0. The summed E-state index contributed by atoms with van der Waals surface area (Å²) in [5.41, 5.74) is 6.24. The lowest BCUT2D eigenvalue weighted by Gasteiger charge is -2.38. The quantitative estimate of drug-likeness (QED) is 0.855. The summed E-state index contributed by atoms with van der Waals surface area (Å²) in [6.07, 6.45) is 1.38. The van der Waals surface area contributed by atoms with Gasteiger partial charge in [-0.1, -0.05) is 19.1 Å². The van der Waals surface area contributed by atoms with Crippen molar-refractivity contribution in [2.45, 2.75) is 32.7 Å². The maximum atomic E-state index is 13.2. The molecule has 2 amide bonds. The monoisotopic (exact) mass is 335 g/mol. The summed E-state index contributed by atoms with van der Waals surface area (Å²) in [6.45, 7) is 6.25. The number of nitrogens with two attached hydrogens (primary N) is 1. The second-order valence-electron chi connectivity index (χ2n) is 6.51. The predicted molar refractivity (Wildman–Crippen MR) is 90.7 cm³/mol. The average molecular weight is 335 g/mol. The molecule has 0 aliphatic carbocycles. The number of amides is 2. The molecular weight excluding hydrogens is 309 g/mol. The van der Waals surface area contributed by atoms with Crippen LogP contribution in [0.4, 0.5) is 4.39 Å². The van der Waals surface area contributed by atoms with Gasteiger partial charge in [0, 0.05) is 32.1 Å². The van der Waals surface area contributed by atoms with Crippen molar-refractivity contribution in [3.05, 3.63) is 35.6 Å². The highest BCUT2D eigenvalue weighted by Gasteiger charge is 2.28. The van der Waals surface area contributed by atoms with Gasteiger partial charge in [0.1, 0.15) is 5.82 Å². The van der Waals surface area contributed by atoms with Crippen molar-refractivity contribution in [1.29, 1.82) is 0 Å². The van der Waals surface area contributed by atoms with Crippen LogP contribution in [0.5, 0.6) is 0 Å². The maximum absolute atomic E-state index is 13.2. The van der Waals surface area contributed by atoms with Crippen molar-refractivity contribution in [3.8, 4) is 0 Å². The standard InChI is InChI=1S/C18H26FN3O2/c1-13(6-7-15-4-3-5-16(19)12-15)18(24)22-10-8-21(9-11-22)14(2)17(20)23/h3-5,12-14H,6-11H2,1-2H3,(H2,20,23)/t13-,14+/m1/s1. The molecule has 132 valence electrons. The van der Waals surface area contributed by atoms with Crippen molar-refractivity contribution in [2.75, 3.05) is 26.2 Å². The van der Waals surface area contributed by atoms with E-state index in [-0.39, 0.29) is 29.6 Å². The van der Waals surface area contributed by atoms with Gasteiger partial charge in [-0.25, -0.2) is 4.39 Å². The molecule has 0 saturated carbocycles. The fourth-order valence-corrected chi connectivity index (χ4v) is 3.02. The summed E-state index contributed by atoms with van der Waals surface area (Å²) in [5, 5.41) is 0. The Morgan fingerprint density at radius 2 is 1.88 bits per heavy atom. The molecule has 2 N–H and O–H groups in total. The summed E-state index contributed by atoms with van der Waals surface area (Å²) in [4.78, 5) is 27.6. The van der Waals surface area contributed by atoms with Gasteiger partial charge in [-0.2, -0.15) is 0 Å². The first kappa shape index (κ1) is 18.4. The van der Waals surface area contributed by atoms with E-state index in [0.29, 0.717) is 39.0 Å². The molecule has 0 spiro atoms. The number of hydrogen-bond acceptors (Lipinski definition) is 3. The number of carbonyl (C=O) groups is 2. The van der Waals surface area contributed by atoms with Crippen LogP contribution in [-0.4, -0.2) is 53.8 Å². The maximum Gasteiger partial charge on any atom is 0.234 e. The molecule has 1 saturated heterocycles. The summed E-state index contributed by atoms with van der Waals surface area (Å²) in [7, 11) is 0. The number of nitrogens with zero attached hydrogens (tertiary/aromatic N) is 2. The predicted octanol–water partition coefficient (Wildman–Crippen LogP) is 1.41. The van der Waals surface area contributed by atoms with Crippen molar-refractivity contribution < 1.29 is 14.0 Å². The molecule has 2 rings (SSSR count). The molecule has 1 aromatic carbocycles. The molecule has 1 fully saturated rings. The molecule has 1 aliphatic heterocycles. The van der Waals surface area contributed by atoms with Crippen molar-refractivity contribution >= 4 is 11.8 Å². The topological polar surface area (TPSA) is 66.6 Å². The molecule has 0 bridgehead atoms. The Bertz CT molecular complexity index is 585. The molecule has 0 unspecified atom stereocenters. The zero-order chi connectivity index (χ0) is 17.7. The highest BCUT2D eigenvalue weighted by atomic mass is 19.1. The molecule has 5 nitrogen and oxygen atoms in total. The number of hydrogen-bond donors (Lipinski definition) is 1. The minimum atomic E-state index is -0.335. The Morgan fingerprint density at radius 1 is 1.21 bits per heavy atom. The Balaban J connectivity index is 1.80. The smallest absolute Gasteiger partial charge is 0.234 e. The molecule has 0 radical (unpaired) electrons. The number of aryl methyl sites for hydroxylation is 1. The third-order valence-electron chi connectivity index (χ3n) is 4.76. The molecule has 0 aromatic heterocycles. The number of piperazine rings is 1. The lowest BCUT2D eigenvalue weighted by Crippen LogP contribution is -2.55. The molecular formula is C18H26FN3O2. The van der Waals surface area contributed by atoms with Gasteiger partial charge < -0.3 is 10.6 Å². The van der Waals surface area contributed by atoms with Crippen LogP contribution in [0.2, 0.25) is 0 Å². The van der Waals surface area contributed by atoms with Crippen molar-refractivity contribution in [1.82, 2.24) is 9.80 Å². The third-order valence-corrected chi connectivity index (χ3v) is 4.76. The molecule has 1 heterocycles. The molecule has 1 aliphatic rings. The van der Waals surface area contributed by atoms with E-state index in [1.807, 2.05) is 22.8 Å². The minimum Gasteiger partial charge on any atom is -0.368 e. The zero-order valence-corrected chi connectivity index (χ0v) is 14.4. The molecule has 6 heteroatoms. The number of primary amides is 1. The van der Waals surface area contributed by atoms with Gasteiger partial charge in [0.2, 0.25) is 11.8 Å². The molecule has 1 aromatic rings. The normalized spacial score (nSPS) is 18.2. The summed E-state index contributed by atoms with van der Waals surface area (Å²) in [6, 6.07) is 6.21. The molecule has 2 atom stereocenters. The second kappa shape index (κ2) is 8.24. The largest absolute Gasteiger partial charge is 0.368 e. The fraction of sp³-hybridized carbons (Fsp3) is 0.556. The first-order valence-corrected chi connectivity index (χ1v) is 8.45. The highest BCUT2D eigenvalue weighted by molar-refractivity contribution is 5.80. The van der Waals surface area contributed by atoms with Crippen LogP contribution in [0, 0.1) is 11.7 Å². The van der Waals surface area contributed by atoms with Crippen LogP contribution in [0.3, 0.4) is 0 Å². The van der Waals surface area contributed by atoms with Crippen LogP contribution >= 0.6 is 0 Å². The first-order chi connectivity index (χ1) is 11.4. The lowest BCUT2D eigenvalue weighted by atomic mass is 9.99. The average Bonchev–Trinajstić information content (AvgIpc) is 2.58.